The van der Waals surface area contributed by atoms with Crippen LogP contribution in [0.15, 0.2) is 205 Å². The number of hydrogen-bond acceptors (Lipinski definition) is 2. The molecule has 0 amide bonds. The van der Waals surface area contributed by atoms with Gasteiger partial charge in [-0.3, -0.25) is 0 Å². The van der Waals surface area contributed by atoms with Gasteiger partial charge in [0.1, 0.15) is 11.2 Å². The van der Waals surface area contributed by atoms with Gasteiger partial charge in [-0.25, -0.2) is 0 Å². The quantitative estimate of drug-likeness (QED) is 0.173. The van der Waals surface area contributed by atoms with Crippen molar-refractivity contribution in [2.45, 2.75) is 0 Å². The molecule has 50 heavy (non-hydrogen) atoms. The summed E-state index contributed by atoms with van der Waals surface area (Å²) in [6, 6.07) is 71.1. The number of furan rings is 1. The molecule has 1 aromatic heterocycles. The molecule has 2 heteroatoms. The predicted octanol–water partition coefficient (Wildman–Crippen LogP) is 13.7. The van der Waals surface area contributed by atoms with E-state index in [0.717, 1.165) is 39.0 Å². The number of anilines is 3. The summed E-state index contributed by atoms with van der Waals surface area (Å²) in [5.41, 5.74) is 14.5. The Morgan fingerprint density at radius 3 is 1.54 bits per heavy atom. The summed E-state index contributed by atoms with van der Waals surface area (Å²) in [6.45, 7) is 0. The highest BCUT2D eigenvalue weighted by Crippen LogP contribution is 2.45. The van der Waals surface area contributed by atoms with Crippen molar-refractivity contribution < 1.29 is 4.42 Å². The van der Waals surface area contributed by atoms with E-state index in [-0.39, 0.29) is 0 Å². The highest BCUT2D eigenvalue weighted by atomic mass is 16.3. The fourth-order valence-corrected chi connectivity index (χ4v) is 7.08. The third-order valence-electron chi connectivity index (χ3n) is 9.48. The third-order valence-corrected chi connectivity index (χ3v) is 9.48. The highest BCUT2D eigenvalue weighted by molar-refractivity contribution is 6.13. The fourth-order valence-electron chi connectivity index (χ4n) is 7.08. The molecule has 0 saturated heterocycles. The monoisotopic (exact) mass is 639 g/mol. The smallest absolute Gasteiger partial charge is 0.137 e. The lowest BCUT2D eigenvalue weighted by atomic mass is 9.93. The molecule has 0 unspecified atom stereocenters. The molecular formula is C48H33NO. The number of rotatable bonds is 7. The van der Waals surface area contributed by atoms with Gasteiger partial charge >= 0.3 is 0 Å². The van der Waals surface area contributed by atoms with Crippen molar-refractivity contribution in [3.05, 3.63) is 200 Å². The lowest BCUT2D eigenvalue weighted by Gasteiger charge is -2.27. The van der Waals surface area contributed by atoms with E-state index in [1.807, 2.05) is 12.1 Å². The number of fused-ring (bicyclic) bond motifs is 3. The van der Waals surface area contributed by atoms with Crippen molar-refractivity contribution >= 4 is 39.0 Å². The van der Waals surface area contributed by atoms with Gasteiger partial charge in [-0.15, -0.1) is 0 Å². The van der Waals surface area contributed by atoms with Gasteiger partial charge in [-0.1, -0.05) is 152 Å². The standard InChI is InChI=1S/C48H33NO/c1-4-14-34(15-5-1)38-20-12-21-39(32-38)35-26-28-40(29-27-35)49(45-23-13-25-47-48(45)43-22-10-11-24-46(43)50-47)41-30-31-42(36-16-6-2-7-17-36)44(33-41)37-18-8-3-9-19-37/h1-33H. The van der Waals surface area contributed by atoms with Crippen molar-refractivity contribution in [2.24, 2.45) is 0 Å². The van der Waals surface area contributed by atoms with Crippen LogP contribution < -0.4 is 4.90 Å². The van der Waals surface area contributed by atoms with Gasteiger partial charge in [-0.2, -0.15) is 0 Å². The maximum absolute atomic E-state index is 6.38. The van der Waals surface area contributed by atoms with Crippen LogP contribution in [0.5, 0.6) is 0 Å². The van der Waals surface area contributed by atoms with Gasteiger partial charge in [0.25, 0.3) is 0 Å². The average molecular weight is 640 g/mol. The van der Waals surface area contributed by atoms with Crippen LogP contribution in [0, 0.1) is 0 Å². The first-order chi connectivity index (χ1) is 24.8. The van der Waals surface area contributed by atoms with Gasteiger partial charge in [0.05, 0.1) is 11.1 Å². The van der Waals surface area contributed by atoms with E-state index in [2.05, 4.69) is 193 Å². The SMILES string of the molecule is c1ccc(-c2cccc(-c3ccc(N(c4ccc(-c5ccccc5)c(-c5ccccc5)c4)c4cccc5oc6ccccc6c45)cc3)c2)cc1. The van der Waals surface area contributed by atoms with Crippen LogP contribution in [0.3, 0.4) is 0 Å². The molecule has 1 heterocycles. The summed E-state index contributed by atoms with van der Waals surface area (Å²) in [5.74, 6) is 0. The van der Waals surface area contributed by atoms with Crippen LogP contribution in [0.1, 0.15) is 0 Å². The van der Waals surface area contributed by atoms with E-state index in [1.54, 1.807) is 0 Å². The molecule has 9 rings (SSSR count). The minimum absolute atomic E-state index is 0.868. The zero-order chi connectivity index (χ0) is 33.3. The normalized spacial score (nSPS) is 11.2. The Labute approximate surface area is 292 Å². The molecule has 0 aliphatic rings. The first-order valence-electron chi connectivity index (χ1n) is 17.0. The largest absolute Gasteiger partial charge is 0.456 e. The molecule has 0 radical (unpaired) electrons. The van der Waals surface area contributed by atoms with Crippen LogP contribution in [0.25, 0.3) is 66.4 Å². The molecular weight excluding hydrogens is 607 g/mol. The predicted molar refractivity (Wildman–Crippen MR) is 210 cm³/mol. The number of hydrogen-bond donors (Lipinski definition) is 0. The second kappa shape index (κ2) is 12.8. The van der Waals surface area contributed by atoms with Crippen LogP contribution in [-0.2, 0) is 0 Å². The maximum Gasteiger partial charge on any atom is 0.137 e. The molecule has 0 N–H and O–H groups in total. The molecule has 236 valence electrons. The van der Waals surface area contributed by atoms with Crippen LogP contribution in [0.2, 0.25) is 0 Å². The number of para-hydroxylation sites is 1. The lowest BCUT2D eigenvalue weighted by molar-refractivity contribution is 0.669. The minimum Gasteiger partial charge on any atom is -0.456 e. The summed E-state index contributed by atoms with van der Waals surface area (Å²) in [5, 5.41) is 2.19. The van der Waals surface area contributed by atoms with Gasteiger partial charge in [0, 0.05) is 16.8 Å². The Morgan fingerprint density at radius 2 is 0.840 bits per heavy atom. The van der Waals surface area contributed by atoms with Crippen molar-refractivity contribution in [1.82, 2.24) is 0 Å². The fraction of sp³-hybridized carbons (Fsp3) is 0. The summed E-state index contributed by atoms with van der Waals surface area (Å²) in [6.07, 6.45) is 0. The van der Waals surface area contributed by atoms with Crippen LogP contribution >= 0.6 is 0 Å². The molecule has 2 nitrogen and oxygen atoms in total. The van der Waals surface area contributed by atoms with Gasteiger partial charge < -0.3 is 9.32 Å². The first kappa shape index (κ1) is 29.5. The van der Waals surface area contributed by atoms with Gasteiger partial charge in [-0.05, 0) is 93.0 Å². The van der Waals surface area contributed by atoms with Crippen molar-refractivity contribution in [1.29, 1.82) is 0 Å². The molecule has 0 atom stereocenters. The van der Waals surface area contributed by atoms with Gasteiger partial charge in [0.15, 0.2) is 0 Å². The Morgan fingerprint density at radius 1 is 0.320 bits per heavy atom. The molecule has 0 bridgehead atoms. The molecule has 0 aliphatic carbocycles. The molecule has 0 fully saturated rings. The van der Waals surface area contributed by atoms with E-state index in [1.165, 1.54) is 44.5 Å². The Balaban J connectivity index is 1.23. The summed E-state index contributed by atoms with van der Waals surface area (Å²) >= 11 is 0. The number of nitrogens with zero attached hydrogens (tertiary/aromatic N) is 1. The topological polar surface area (TPSA) is 16.4 Å². The zero-order valence-corrected chi connectivity index (χ0v) is 27.4. The van der Waals surface area contributed by atoms with Crippen LogP contribution in [0.4, 0.5) is 17.1 Å². The summed E-state index contributed by atoms with van der Waals surface area (Å²) in [7, 11) is 0. The highest BCUT2D eigenvalue weighted by Gasteiger charge is 2.21. The zero-order valence-electron chi connectivity index (χ0n) is 27.4. The van der Waals surface area contributed by atoms with Crippen LogP contribution in [-0.4, -0.2) is 0 Å². The van der Waals surface area contributed by atoms with Crippen molar-refractivity contribution in [2.75, 3.05) is 4.90 Å². The lowest BCUT2D eigenvalue weighted by Crippen LogP contribution is -2.10. The Hall–Kier alpha value is -6.64. The summed E-state index contributed by atoms with van der Waals surface area (Å²) in [4.78, 5) is 2.37. The first-order valence-corrected chi connectivity index (χ1v) is 17.0. The van der Waals surface area contributed by atoms with E-state index < -0.39 is 0 Å². The van der Waals surface area contributed by atoms with E-state index in [9.17, 15) is 0 Å². The third kappa shape index (κ3) is 5.43. The van der Waals surface area contributed by atoms with E-state index in [0.29, 0.717) is 0 Å². The Kier molecular flexibility index (Phi) is 7.53. The molecule has 8 aromatic carbocycles. The Bertz CT molecular complexity index is 2570. The molecule has 0 saturated carbocycles. The van der Waals surface area contributed by atoms with Crippen molar-refractivity contribution in [3.63, 3.8) is 0 Å². The summed E-state index contributed by atoms with van der Waals surface area (Å²) < 4.78 is 6.38. The maximum atomic E-state index is 6.38. The minimum atomic E-state index is 0.868. The second-order valence-electron chi connectivity index (χ2n) is 12.5. The van der Waals surface area contributed by atoms with E-state index >= 15 is 0 Å². The molecule has 0 spiro atoms. The average Bonchev–Trinajstić information content (AvgIpc) is 3.59. The molecule has 0 aliphatic heterocycles. The van der Waals surface area contributed by atoms with E-state index in [4.69, 9.17) is 4.42 Å². The second-order valence-corrected chi connectivity index (χ2v) is 12.5. The van der Waals surface area contributed by atoms with Crippen molar-refractivity contribution in [3.8, 4) is 44.5 Å². The van der Waals surface area contributed by atoms with Gasteiger partial charge in [0.2, 0.25) is 0 Å². The number of benzene rings is 8. The molecule has 9 aromatic rings.